The number of aromatic nitrogens is 3. The molecule has 1 atom stereocenters. The zero-order chi connectivity index (χ0) is 15.7. The molecule has 1 aromatic heterocycles. The van der Waals surface area contributed by atoms with Gasteiger partial charge in [-0.1, -0.05) is 13.8 Å². The standard InChI is InChI=1S/C14H26ClN5O/c1-5-20(6-2)10-8-9-11(4)16-13-17-12(15)18-14(19-13)21-7-3/h11H,5-10H2,1-4H3,(H,16,17,18,19). The fourth-order valence-electron chi connectivity index (χ4n) is 2.04. The molecule has 0 fully saturated rings. The molecular weight excluding hydrogens is 290 g/mol. The van der Waals surface area contributed by atoms with Crippen molar-refractivity contribution in [1.82, 2.24) is 19.9 Å². The van der Waals surface area contributed by atoms with E-state index >= 15 is 0 Å². The lowest BCUT2D eigenvalue weighted by molar-refractivity contribution is 0.295. The van der Waals surface area contributed by atoms with E-state index in [9.17, 15) is 0 Å². The van der Waals surface area contributed by atoms with Crippen LogP contribution in [0.25, 0.3) is 0 Å². The zero-order valence-electron chi connectivity index (χ0n) is 13.4. The Hall–Kier alpha value is -1.14. The summed E-state index contributed by atoms with van der Waals surface area (Å²) >= 11 is 5.86. The molecule has 0 aliphatic heterocycles. The lowest BCUT2D eigenvalue weighted by Crippen LogP contribution is -2.26. The van der Waals surface area contributed by atoms with Crippen molar-refractivity contribution in [3.8, 4) is 6.01 Å². The first-order chi connectivity index (χ1) is 10.1. The minimum atomic E-state index is 0.145. The number of rotatable bonds is 10. The molecule has 1 rings (SSSR count). The Morgan fingerprint density at radius 2 is 1.90 bits per heavy atom. The highest BCUT2D eigenvalue weighted by molar-refractivity contribution is 6.28. The second kappa shape index (κ2) is 9.73. The van der Waals surface area contributed by atoms with E-state index in [1.807, 2.05) is 6.92 Å². The SMILES string of the molecule is CCOc1nc(Cl)nc(NC(C)CCCN(CC)CC)n1. The molecule has 6 nitrogen and oxygen atoms in total. The van der Waals surface area contributed by atoms with E-state index in [0.29, 0.717) is 12.6 Å². The Bertz CT molecular complexity index is 414. The second-order valence-corrected chi connectivity index (χ2v) is 5.20. The van der Waals surface area contributed by atoms with E-state index in [1.54, 1.807) is 0 Å². The molecule has 0 saturated carbocycles. The third kappa shape index (κ3) is 6.91. The summed E-state index contributed by atoms with van der Waals surface area (Å²) in [6, 6.07) is 0.531. The van der Waals surface area contributed by atoms with Gasteiger partial charge >= 0.3 is 6.01 Å². The van der Waals surface area contributed by atoms with Gasteiger partial charge in [-0.15, -0.1) is 0 Å². The van der Waals surface area contributed by atoms with Gasteiger partial charge in [0.1, 0.15) is 0 Å². The van der Waals surface area contributed by atoms with Crippen LogP contribution in [0, 0.1) is 0 Å². The van der Waals surface area contributed by atoms with Gasteiger partial charge in [0.25, 0.3) is 0 Å². The van der Waals surface area contributed by atoms with Crippen molar-refractivity contribution in [3.63, 3.8) is 0 Å². The highest BCUT2D eigenvalue weighted by atomic mass is 35.5. The van der Waals surface area contributed by atoms with E-state index in [1.165, 1.54) is 0 Å². The summed E-state index contributed by atoms with van der Waals surface area (Å²) < 4.78 is 5.26. The monoisotopic (exact) mass is 315 g/mol. The first-order valence-electron chi connectivity index (χ1n) is 7.62. The van der Waals surface area contributed by atoms with E-state index in [4.69, 9.17) is 16.3 Å². The van der Waals surface area contributed by atoms with Gasteiger partial charge in [-0.2, -0.15) is 15.0 Å². The smallest absolute Gasteiger partial charge is 0.322 e. The summed E-state index contributed by atoms with van der Waals surface area (Å²) in [5.74, 6) is 0.466. The maximum absolute atomic E-state index is 5.86. The fraction of sp³-hybridized carbons (Fsp3) is 0.786. The Labute approximate surface area is 132 Å². The van der Waals surface area contributed by atoms with Crippen LogP contribution in [0.1, 0.15) is 40.5 Å². The molecule has 0 aliphatic carbocycles. The molecule has 0 saturated heterocycles. The van der Waals surface area contributed by atoms with Gasteiger partial charge in [0.2, 0.25) is 11.2 Å². The molecule has 0 spiro atoms. The zero-order valence-corrected chi connectivity index (χ0v) is 14.2. The summed E-state index contributed by atoms with van der Waals surface area (Å²) in [4.78, 5) is 14.6. The predicted molar refractivity (Wildman–Crippen MR) is 86.1 cm³/mol. The number of nitrogens with zero attached hydrogens (tertiary/aromatic N) is 4. The molecule has 1 heterocycles. The average Bonchev–Trinajstić information content (AvgIpc) is 2.43. The number of anilines is 1. The number of hydrogen-bond acceptors (Lipinski definition) is 6. The van der Waals surface area contributed by atoms with Crippen LogP contribution in [0.3, 0.4) is 0 Å². The molecule has 21 heavy (non-hydrogen) atoms. The van der Waals surface area contributed by atoms with Gasteiger partial charge in [-0.25, -0.2) is 0 Å². The summed E-state index contributed by atoms with van der Waals surface area (Å²) in [5.41, 5.74) is 0. The molecule has 1 unspecified atom stereocenters. The Morgan fingerprint density at radius 3 is 2.52 bits per heavy atom. The quantitative estimate of drug-likeness (QED) is 0.716. The first-order valence-corrected chi connectivity index (χ1v) is 8.00. The number of nitrogens with one attached hydrogen (secondary N) is 1. The molecule has 0 radical (unpaired) electrons. The Balaban J connectivity index is 2.45. The predicted octanol–water partition coefficient (Wildman–Crippen LogP) is 2.85. The largest absolute Gasteiger partial charge is 0.464 e. The summed E-state index contributed by atoms with van der Waals surface area (Å²) in [6.45, 7) is 12.2. The van der Waals surface area contributed by atoms with E-state index in [-0.39, 0.29) is 17.3 Å². The Kier molecular flexibility index (Phi) is 8.30. The van der Waals surface area contributed by atoms with Crippen molar-refractivity contribution in [2.75, 3.05) is 31.6 Å². The van der Waals surface area contributed by atoms with E-state index in [2.05, 4.69) is 45.9 Å². The topological polar surface area (TPSA) is 63.2 Å². The first kappa shape index (κ1) is 17.9. The van der Waals surface area contributed by atoms with E-state index < -0.39 is 0 Å². The molecule has 1 N–H and O–H groups in total. The van der Waals surface area contributed by atoms with Crippen LogP contribution in [-0.2, 0) is 0 Å². The fourth-order valence-corrected chi connectivity index (χ4v) is 2.20. The van der Waals surface area contributed by atoms with Crippen molar-refractivity contribution in [3.05, 3.63) is 5.28 Å². The van der Waals surface area contributed by atoms with Gasteiger partial charge in [0, 0.05) is 6.04 Å². The van der Waals surface area contributed by atoms with Crippen LogP contribution in [-0.4, -0.2) is 52.1 Å². The third-order valence-electron chi connectivity index (χ3n) is 3.24. The van der Waals surface area contributed by atoms with Crippen molar-refractivity contribution < 1.29 is 4.74 Å². The second-order valence-electron chi connectivity index (χ2n) is 4.86. The average molecular weight is 316 g/mol. The van der Waals surface area contributed by atoms with Crippen LogP contribution in [0.15, 0.2) is 0 Å². The van der Waals surface area contributed by atoms with Crippen LogP contribution < -0.4 is 10.1 Å². The van der Waals surface area contributed by atoms with Crippen LogP contribution in [0.5, 0.6) is 6.01 Å². The summed E-state index contributed by atoms with van der Waals surface area (Å²) in [5, 5.41) is 3.39. The van der Waals surface area contributed by atoms with Crippen molar-refractivity contribution in [2.24, 2.45) is 0 Å². The van der Waals surface area contributed by atoms with E-state index in [0.717, 1.165) is 32.5 Å². The minimum absolute atomic E-state index is 0.145. The molecule has 0 amide bonds. The third-order valence-corrected chi connectivity index (χ3v) is 3.41. The summed E-state index contributed by atoms with van der Waals surface area (Å²) in [7, 11) is 0. The van der Waals surface area contributed by atoms with Crippen LogP contribution in [0.2, 0.25) is 5.28 Å². The maximum Gasteiger partial charge on any atom is 0.322 e. The van der Waals surface area contributed by atoms with Gasteiger partial charge in [-0.05, 0) is 57.9 Å². The van der Waals surface area contributed by atoms with Crippen molar-refractivity contribution in [1.29, 1.82) is 0 Å². The molecule has 0 aliphatic rings. The molecule has 0 aromatic carbocycles. The molecule has 7 heteroatoms. The normalized spacial score (nSPS) is 12.5. The van der Waals surface area contributed by atoms with Gasteiger partial charge in [-0.3, -0.25) is 0 Å². The molecule has 0 bridgehead atoms. The van der Waals surface area contributed by atoms with Crippen molar-refractivity contribution in [2.45, 2.75) is 46.6 Å². The lowest BCUT2D eigenvalue weighted by Gasteiger charge is -2.19. The van der Waals surface area contributed by atoms with Gasteiger partial charge < -0.3 is 15.0 Å². The highest BCUT2D eigenvalue weighted by Gasteiger charge is 2.09. The van der Waals surface area contributed by atoms with Crippen molar-refractivity contribution >= 4 is 17.5 Å². The summed E-state index contributed by atoms with van der Waals surface area (Å²) in [6.07, 6.45) is 2.18. The highest BCUT2D eigenvalue weighted by Crippen LogP contribution is 2.13. The van der Waals surface area contributed by atoms with Crippen LogP contribution in [0.4, 0.5) is 5.95 Å². The molecule has 1 aromatic rings. The van der Waals surface area contributed by atoms with Gasteiger partial charge in [0.05, 0.1) is 6.61 Å². The van der Waals surface area contributed by atoms with Gasteiger partial charge in [0.15, 0.2) is 0 Å². The number of hydrogen-bond donors (Lipinski definition) is 1. The Morgan fingerprint density at radius 1 is 1.19 bits per heavy atom. The molecule has 120 valence electrons. The minimum Gasteiger partial charge on any atom is -0.464 e. The number of halogens is 1. The lowest BCUT2D eigenvalue weighted by atomic mass is 10.2. The maximum atomic E-state index is 5.86. The van der Waals surface area contributed by atoms with Crippen LogP contribution >= 0.6 is 11.6 Å². The number of ether oxygens (including phenoxy) is 1. The molecular formula is C14H26ClN5O.